The molecule has 1 aliphatic heterocycles. The summed E-state index contributed by atoms with van der Waals surface area (Å²) in [6.07, 6.45) is 4.08. The van der Waals surface area contributed by atoms with Crippen LogP contribution in [0.15, 0.2) is 24.3 Å². The van der Waals surface area contributed by atoms with Crippen LogP contribution >= 0.6 is 12.4 Å². The minimum absolute atomic E-state index is 0. The fourth-order valence-corrected chi connectivity index (χ4v) is 2.66. The summed E-state index contributed by atoms with van der Waals surface area (Å²) in [6, 6.07) is 8.09. The number of hydrogen-bond donors (Lipinski definition) is 1. The number of benzene rings is 1. The van der Waals surface area contributed by atoms with E-state index in [0.29, 0.717) is 18.9 Å². The van der Waals surface area contributed by atoms with Gasteiger partial charge >= 0.3 is 0 Å². The molecule has 0 atom stereocenters. The van der Waals surface area contributed by atoms with E-state index in [1.54, 1.807) is 0 Å². The van der Waals surface area contributed by atoms with E-state index in [9.17, 15) is 4.79 Å². The van der Waals surface area contributed by atoms with Crippen molar-refractivity contribution in [2.45, 2.75) is 39.2 Å². The number of nitrogens with zero attached hydrogens (tertiary/aromatic N) is 1. The minimum Gasteiger partial charge on any atom is -0.494 e. The quantitative estimate of drug-likeness (QED) is 0.783. The summed E-state index contributed by atoms with van der Waals surface area (Å²) in [6.45, 7) is 5.99. The molecule has 0 unspecified atom stereocenters. The number of amides is 1. The van der Waals surface area contributed by atoms with E-state index < -0.39 is 0 Å². The van der Waals surface area contributed by atoms with Crippen LogP contribution in [0.4, 0.5) is 0 Å². The molecular weight excluding hydrogens is 300 g/mol. The molecule has 0 bridgehead atoms. The molecule has 4 nitrogen and oxygen atoms in total. The molecule has 1 amide bonds. The molecule has 0 spiro atoms. The molecule has 1 N–H and O–H groups in total. The first kappa shape index (κ1) is 18.8. The molecule has 0 aliphatic carbocycles. The number of likely N-dealkylation sites (tertiary alicyclic amines) is 1. The lowest BCUT2D eigenvalue weighted by Gasteiger charge is -2.20. The third-order valence-electron chi connectivity index (χ3n) is 3.82. The van der Waals surface area contributed by atoms with Crippen LogP contribution in [0.2, 0.25) is 0 Å². The Bertz CT molecular complexity index is 454. The highest BCUT2D eigenvalue weighted by atomic mass is 35.5. The topological polar surface area (TPSA) is 41.6 Å². The highest BCUT2D eigenvalue weighted by Gasteiger charge is 2.15. The third-order valence-corrected chi connectivity index (χ3v) is 3.82. The highest BCUT2D eigenvalue weighted by molar-refractivity contribution is 5.85. The van der Waals surface area contributed by atoms with Gasteiger partial charge in [0.15, 0.2) is 0 Å². The molecule has 0 saturated carbocycles. The van der Waals surface area contributed by atoms with E-state index in [-0.39, 0.29) is 12.4 Å². The Morgan fingerprint density at radius 1 is 1.23 bits per heavy atom. The summed E-state index contributed by atoms with van der Waals surface area (Å²) < 4.78 is 5.61. The predicted octanol–water partition coefficient (Wildman–Crippen LogP) is 3.00. The van der Waals surface area contributed by atoms with Gasteiger partial charge in [-0.15, -0.1) is 12.4 Å². The van der Waals surface area contributed by atoms with Crippen molar-refractivity contribution in [3.63, 3.8) is 0 Å². The number of carbonyl (C=O) groups excluding carboxylic acids is 1. The van der Waals surface area contributed by atoms with E-state index in [0.717, 1.165) is 44.8 Å². The van der Waals surface area contributed by atoms with Crippen molar-refractivity contribution in [2.75, 3.05) is 26.2 Å². The smallest absolute Gasteiger partial charge is 0.222 e. The number of para-hydroxylation sites is 1. The van der Waals surface area contributed by atoms with Crippen LogP contribution in [0.25, 0.3) is 0 Å². The number of hydrogen-bond acceptors (Lipinski definition) is 3. The van der Waals surface area contributed by atoms with Crippen molar-refractivity contribution >= 4 is 18.3 Å². The van der Waals surface area contributed by atoms with Gasteiger partial charge in [0, 0.05) is 38.2 Å². The zero-order valence-electron chi connectivity index (χ0n) is 13.3. The largest absolute Gasteiger partial charge is 0.494 e. The molecule has 1 aromatic rings. The van der Waals surface area contributed by atoms with E-state index in [1.165, 1.54) is 12.0 Å². The molecule has 1 saturated heterocycles. The Balaban J connectivity index is 0.00000242. The van der Waals surface area contributed by atoms with Crippen molar-refractivity contribution in [1.29, 1.82) is 0 Å². The zero-order valence-corrected chi connectivity index (χ0v) is 14.2. The molecule has 1 heterocycles. The average Bonchev–Trinajstić information content (AvgIpc) is 2.70. The van der Waals surface area contributed by atoms with Crippen molar-refractivity contribution in [1.82, 2.24) is 10.2 Å². The molecule has 2 rings (SSSR count). The molecule has 1 aromatic carbocycles. The Hall–Kier alpha value is -1.26. The number of carbonyl (C=O) groups is 1. The average molecular weight is 327 g/mol. The fourth-order valence-electron chi connectivity index (χ4n) is 2.66. The number of ether oxygens (including phenoxy) is 1. The maximum absolute atomic E-state index is 11.9. The lowest BCUT2D eigenvalue weighted by molar-refractivity contribution is -0.130. The first-order valence-electron chi connectivity index (χ1n) is 8.00. The normalized spacial score (nSPS) is 15.1. The van der Waals surface area contributed by atoms with Gasteiger partial charge in [0.05, 0.1) is 6.61 Å². The molecular formula is C17H27ClN2O2. The van der Waals surface area contributed by atoms with Crippen LogP contribution < -0.4 is 10.1 Å². The Morgan fingerprint density at radius 2 is 2.05 bits per heavy atom. The maximum Gasteiger partial charge on any atom is 0.222 e. The molecule has 124 valence electrons. The minimum atomic E-state index is 0. The summed E-state index contributed by atoms with van der Waals surface area (Å²) in [5.74, 6) is 1.25. The van der Waals surface area contributed by atoms with E-state index >= 15 is 0 Å². The van der Waals surface area contributed by atoms with E-state index in [1.807, 2.05) is 30.0 Å². The van der Waals surface area contributed by atoms with Crippen molar-refractivity contribution in [2.24, 2.45) is 0 Å². The van der Waals surface area contributed by atoms with Crippen LogP contribution in [0.3, 0.4) is 0 Å². The first-order valence-corrected chi connectivity index (χ1v) is 8.00. The van der Waals surface area contributed by atoms with Gasteiger partial charge in [-0.05, 0) is 25.8 Å². The van der Waals surface area contributed by atoms with Crippen molar-refractivity contribution in [3.8, 4) is 5.75 Å². The summed E-state index contributed by atoms with van der Waals surface area (Å²) >= 11 is 0. The van der Waals surface area contributed by atoms with Gasteiger partial charge in [-0.25, -0.2) is 0 Å². The summed E-state index contributed by atoms with van der Waals surface area (Å²) in [5, 5.41) is 3.41. The van der Waals surface area contributed by atoms with Gasteiger partial charge in [0.2, 0.25) is 5.91 Å². The lowest BCUT2D eigenvalue weighted by Crippen LogP contribution is -2.36. The van der Waals surface area contributed by atoms with Crippen LogP contribution in [0.1, 0.15) is 38.2 Å². The standard InChI is InChI=1S/C17H26N2O2.ClH/c1-2-21-16-9-6-5-8-15(16)14-18-11-13-19-12-7-3-4-10-17(19)20;/h5-6,8-9,18H,2-4,7,10-14H2,1H3;1H. The van der Waals surface area contributed by atoms with Crippen molar-refractivity contribution < 1.29 is 9.53 Å². The fraction of sp³-hybridized carbons (Fsp3) is 0.588. The summed E-state index contributed by atoms with van der Waals surface area (Å²) in [5.41, 5.74) is 1.17. The molecule has 1 fully saturated rings. The number of rotatable bonds is 7. The summed E-state index contributed by atoms with van der Waals surface area (Å²) in [7, 11) is 0. The molecule has 1 aliphatic rings. The van der Waals surface area contributed by atoms with Gasteiger partial charge in [-0.1, -0.05) is 24.6 Å². The molecule has 22 heavy (non-hydrogen) atoms. The van der Waals surface area contributed by atoms with Crippen LogP contribution in [0.5, 0.6) is 5.75 Å². The molecule has 0 aromatic heterocycles. The summed E-state index contributed by atoms with van der Waals surface area (Å²) in [4.78, 5) is 13.9. The van der Waals surface area contributed by atoms with Gasteiger partial charge in [0.1, 0.15) is 5.75 Å². The third kappa shape index (κ3) is 5.85. The van der Waals surface area contributed by atoms with Gasteiger partial charge in [-0.3, -0.25) is 4.79 Å². The highest BCUT2D eigenvalue weighted by Crippen LogP contribution is 2.17. The Morgan fingerprint density at radius 3 is 2.86 bits per heavy atom. The first-order chi connectivity index (χ1) is 10.3. The van der Waals surface area contributed by atoms with E-state index in [2.05, 4.69) is 11.4 Å². The Kier molecular flexibility index (Phi) is 8.94. The Labute approximate surface area is 139 Å². The second kappa shape index (κ2) is 10.5. The van der Waals surface area contributed by atoms with Crippen LogP contribution in [0, 0.1) is 0 Å². The maximum atomic E-state index is 11.9. The second-order valence-corrected chi connectivity index (χ2v) is 5.41. The number of nitrogens with one attached hydrogen (secondary N) is 1. The van der Waals surface area contributed by atoms with Crippen LogP contribution in [-0.4, -0.2) is 37.0 Å². The molecule has 0 radical (unpaired) electrons. The SMILES string of the molecule is CCOc1ccccc1CNCCN1CCCCCC1=O.Cl. The number of halogens is 1. The monoisotopic (exact) mass is 326 g/mol. The zero-order chi connectivity index (χ0) is 14.9. The predicted molar refractivity (Wildman–Crippen MR) is 91.6 cm³/mol. The van der Waals surface area contributed by atoms with Crippen molar-refractivity contribution in [3.05, 3.63) is 29.8 Å². The van der Waals surface area contributed by atoms with Gasteiger partial charge < -0.3 is 15.0 Å². The lowest BCUT2D eigenvalue weighted by atomic mass is 10.2. The van der Waals surface area contributed by atoms with Crippen LogP contribution in [-0.2, 0) is 11.3 Å². The van der Waals surface area contributed by atoms with E-state index in [4.69, 9.17) is 4.74 Å². The van der Waals surface area contributed by atoms with Gasteiger partial charge in [0.25, 0.3) is 0 Å². The molecule has 5 heteroatoms. The second-order valence-electron chi connectivity index (χ2n) is 5.41. The van der Waals surface area contributed by atoms with Gasteiger partial charge in [-0.2, -0.15) is 0 Å².